The third kappa shape index (κ3) is 4.85. The van der Waals surface area contributed by atoms with Gasteiger partial charge >= 0.3 is 0 Å². The lowest BCUT2D eigenvalue weighted by molar-refractivity contribution is -0.116. The first-order chi connectivity index (χ1) is 7.22. The van der Waals surface area contributed by atoms with Crippen molar-refractivity contribution in [2.45, 2.75) is 32.6 Å². The van der Waals surface area contributed by atoms with Crippen LogP contribution in [0.5, 0.6) is 0 Å². The maximum Gasteiger partial charge on any atom is 0.226 e. The number of nitrogens with one attached hydrogen (secondary N) is 1. The Labute approximate surface area is 93.3 Å². The van der Waals surface area contributed by atoms with E-state index in [0.29, 0.717) is 23.9 Å². The molecule has 0 saturated carbocycles. The lowest BCUT2D eigenvalue weighted by Crippen LogP contribution is -2.11. The van der Waals surface area contributed by atoms with E-state index < -0.39 is 0 Å². The summed E-state index contributed by atoms with van der Waals surface area (Å²) in [7, 11) is 0. The smallest absolute Gasteiger partial charge is 0.226 e. The number of hydrogen-bond donors (Lipinski definition) is 2. The highest BCUT2D eigenvalue weighted by Gasteiger charge is 2.05. The van der Waals surface area contributed by atoms with Crippen LogP contribution in [-0.4, -0.2) is 21.8 Å². The topological polar surface area (TPSA) is 80.9 Å². The number of hydrogen-bond acceptors (Lipinski definition) is 5. The summed E-state index contributed by atoms with van der Waals surface area (Å²) in [5, 5.41) is 3.29. The SMILES string of the molecule is Cc1nsc(NC(=O)CCCCCN)n1. The van der Waals surface area contributed by atoms with Crippen LogP contribution in [0.2, 0.25) is 0 Å². The molecule has 1 aromatic rings. The summed E-state index contributed by atoms with van der Waals surface area (Å²) in [5.74, 6) is 0.696. The maximum atomic E-state index is 11.4. The van der Waals surface area contributed by atoms with Crippen molar-refractivity contribution in [2.24, 2.45) is 5.73 Å². The number of unbranched alkanes of at least 4 members (excludes halogenated alkanes) is 2. The van der Waals surface area contributed by atoms with Gasteiger partial charge in [0.1, 0.15) is 5.82 Å². The second-order valence-electron chi connectivity index (χ2n) is 3.29. The van der Waals surface area contributed by atoms with Crippen LogP contribution in [0, 0.1) is 6.92 Å². The molecule has 0 fully saturated rings. The molecule has 0 bridgehead atoms. The molecule has 0 aliphatic carbocycles. The van der Waals surface area contributed by atoms with Gasteiger partial charge in [-0.3, -0.25) is 4.79 Å². The fourth-order valence-corrected chi connectivity index (χ4v) is 1.73. The van der Waals surface area contributed by atoms with Crippen LogP contribution < -0.4 is 11.1 Å². The van der Waals surface area contributed by atoms with Gasteiger partial charge in [0, 0.05) is 18.0 Å². The van der Waals surface area contributed by atoms with E-state index >= 15 is 0 Å². The molecule has 1 amide bonds. The summed E-state index contributed by atoms with van der Waals surface area (Å²) in [4.78, 5) is 15.4. The molecule has 0 radical (unpaired) electrons. The van der Waals surface area contributed by atoms with Crippen LogP contribution in [0.25, 0.3) is 0 Å². The van der Waals surface area contributed by atoms with Crippen LogP contribution in [0.1, 0.15) is 31.5 Å². The minimum atomic E-state index is 0.00294. The van der Waals surface area contributed by atoms with Crippen LogP contribution in [0.3, 0.4) is 0 Å². The summed E-state index contributed by atoms with van der Waals surface area (Å²) < 4.78 is 3.98. The number of carbonyl (C=O) groups is 1. The van der Waals surface area contributed by atoms with Gasteiger partial charge in [-0.15, -0.1) is 0 Å². The van der Waals surface area contributed by atoms with Crippen LogP contribution >= 0.6 is 11.5 Å². The van der Waals surface area contributed by atoms with Crippen molar-refractivity contribution < 1.29 is 4.79 Å². The van der Waals surface area contributed by atoms with Gasteiger partial charge < -0.3 is 11.1 Å². The standard InChI is InChI=1S/C9H16N4OS/c1-7-11-9(15-13-7)12-8(14)5-3-2-4-6-10/h2-6,10H2,1H3,(H,11,12,13,14). The lowest BCUT2D eigenvalue weighted by Gasteiger charge is -2.00. The van der Waals surface area contributed by atoms with Gasteiger partial charge in [0.05, 0.1) is 0 Å². The van der Waals surface area contributed by atoms with Gasteiger partial charge in [-0.05, 0) is 26.3 Å². The van der Waals surface area contributed by atoms with Crippen molar-refractivity contribution in [1.82, 2.24) is 9.36 Å². The zero-order valence-corrected chi connectivity index (χ0v) is 9.64. The number of aromatic nitrogens is 2. The zero-order chi connectivity index (χ0) is 11.1. The summed E-state index contributed by atoms with van der Waals surface area (Å²) in [6.45, 7) is 2.49. The Hall–Kier alpha value is -1.01. The molecule has 1 rings (SSSR count). The average Bonchev–Trinajstić information content (AvgIpc) is 2.59. The molecule has 0 aromatic carbocycles. The molecule has 1 aromatic heterocycles. The predicted molar refractivity (Wildman–Crippen MR) is 60.8 cm³/mol. The van der Waals surface area contributed by atoms with E-state index in [9.17, 15) is 4.79 Å². The van der Waals surface area contributed by atoms with Crippen LogP contribution in [-0.2, 0) is 4.79 Å². The fourth-order valence-electron chi connectivity index (χ4n) is 1.14. The van der Waals surface area contributed by atoms with Gasteiger partial charge in [-0.1, -0.05) is 6.42 Å². The number of anilines is 1. The monoisotopic (exact) mass is 228 g/mol. The first-order valence-electron chi connectivity index (χ1n) is 5.02. The van der Waals surface area contributed by atoms with E-state index in [1.54, 1.807) is 6.92 Å². The van der Waals surface area contributed by atoms with Crippen molar-refractivity contribution in [3.63, 3.8) is 0 Å². The summed E-state index contributed by atoms with van der Waals surface area (Å²) in [6.07, 6.45) is 3.38. The Kier molecular flexibility index (Phi) is 5.20. The molecule has 0 atom stereocenters. The average molecular weight is 228 g/mol. The molecule has 0 aliphatic heterocycles. The van der Waals surface area contributed by atoms with E-state index in [0.717, 1.165) is 19.3 Å². The molecular weight excluding hydrogens is 212 g/mol. The van der Waals surface area contributed by atoms with Crippen molar-refractivity contribution >= 4 is 22.6 Å². The summed E-state index contributed by atoms with van der Waals surface area (Å²) >= 11 is 1.21. The normalized spacial score (nSPS) is 10.3. The molecule has 0 spiro atoms. The minimum Gasteiger partial charge on any atom is -0.330 e. The Balaban J connectivity index is 2.18. The quantitative estimate of drug-likeness (QED) is 0.719. The Morgan fingerprint density at radius 1 is 1.47 bits per heavy atom. The molecule has 84 valence electrons. The predicted octanol–water partition coefficient (Wildman–Crippen LogP) is 1.30. The fraction of sp³-hybridized carbons (Fsp3) is 0.667. The molecule has 0 unspecified atom stereocenters. The summed E-state index contributed by atoms with van der Waals surface area (Å²) in [6, 6.07) is 0. The van der Waals surface area contributed by atoms with Gasteiger partial charge in [0.15, 0.2) is 0 Å². The number of rotatable bonds is 6. The first-order valence-corrected chi connectivity index (χ1v) is 5.80. The van der Waals surface area contributed by atoms with Crippen LogP contribution in [0.4, 0.5) is 5.13 Å². The van der Waals surface area contributed by atoms with Crippen molar-refractivity contribution in [2.75, 3.05) is 11.9 Å². The van der Waals surface area contributed by atoms with E-state index in [1.807, 2.05) is 0 Å². The number of amides is 1. The van der Waals surface area contributed by atoms with E-state index in [2.05, 4.69) is 14.7 Å². The molecule has 0 aliphatic rings. The Morgan fingerprint density at radius 3 is 2.87 bits per heavy atom. The molecule has 6 heteroatoms. The highest BCUT2D eigenvalue weighted by molar-refractivity contribution is 7.09. The first kappa shape index (κ1) is 12.1. The molecule has 15 heavy (non-hydrogen) atoms. The van der Waals surface area contributed by atoms with Gasteiger partial charge in [0.2, 0.25) is 11.0 Å². The number of nitrogens with two attached hydrogens (primary N) is 1. The van der Waals surface area contributed by atoms with Gasteiger partial charge in [-0.2, -0.15) is 4.37 Å². The highest BCUT2D eigenvalue weighted by atomic mass is 32.1. The third-order valence-corrected chi connectivity index (χ3v) is 2.60. The number of carbonyl (C=O) groups excluding carboxylic acids is 1. The molecule has 0 saturated heterocycles. The maximum absolute atomic E-state index is 11.4. The molecule has 1 heterocycles. The number of aryl methyl sites for hydroxylation is 1. The zero-order valence-electron chi connectivity index (χ0n) is 8.82. The lowest BCUT2D eigenvalue weighted by atomic mass is 10.2. The van der Waals surface area contributed by atoms with E-state index in [4.69, 9.17) is 5.73 Å². The van der Waals surface area contributed by atoms with Crippen molar-refractivity contribution in [3.05, 3.63) is 5.82 Å². The van der Waals surface area contributed by atoms with Crippen molar-refractivity contribution in [1.29, 1.82) is 0 Å². The Morgan fingerprint density at radius 2 is 2.27 bits per heavy atom. The van der Waals surface area contributed by atoms with E-state index in [1.165, 1.54) is 11.5 Å². The second-order valence-corrected chi connectivity index (χ2v) is 4.05. The minimum absolute atomic E-state index is 0.00294. The second kappa shape index (κ2) is 6.47. The molecular formula is C9H16N4OS. The van der Waals surface area contributed by atoms with Gasteiger partial charge in [0.25, 0.3) is 0 Å². The largest absolute Gasteiger partial charge is 0.330 e. The van der Waals surface area contributed by atoms with Crippen LogP contribution in [0.15, 0.2) is 0 Å². The molecule has 5 nitrogen and oxygen atoms in total. The summed E-state index contributed by atoms with van der Waals surface area (Å²) in [5.41, 5.74) is 5.35. The van der Waals surface area contributed by atoms with Gasteiger partial charge in [-0.25, -0.2) is 4.98 Å². The molecule has 3 N–H and O–H groups in total. The van der Waals surface area contributed by atoms with E-state index in [-0.39, 0.29) is 5.91 Å². The van der Waals surface area contributed by atoms with Crippen molar-refractivity contribution in [3.8, 4) is 0 Å². The third-order valence-electron chi connectivity index (χ3n) is 1.88. The Bertz CT molecular complexity index is 313. The highest BCUT2D eigenvalue weighted by Crippen LogP contribution is 2.11. The number of nitrogens with zero attached hydrogens (tertiary/aromatic N) is 2.